The maximum Gasteiger partial charge on any atom is 0.244 e. The number of carbonyl (C=O) groups excluding carboxylic acids is 1. The zero-order valence-corrected chi connectivity index (χ0v) is 9.87. The molecule has 0 bridgehead atoms. The number of carbonyl (C=O) groups is 1. The van der Waals surface area contributed by atoms with Crippen LogP contribution in [-0.4, -0.2) is 20.7 Å². The molecular weight excluding hydrogens is 226 g/mol. The summed E-state index contributed by atoms with van der Waals surface area (Å²) in [7, 11) is 0. The molecule has 0 amide bonds. The molecule has 0 N–H and O–H groups in total. The molecule has 0 unspecified atom stereocenters. The summed E-state index contributed by atoms with van der Waals surface area (Å²) in [5.74, 6) is -0.112. The molecule has 0 spiro atoms. The Morgan fingerprint density at radius 2 is 1.89 bits per heavy atom. The predicted molar refractivity (Wildman–Crippen MR) is 69.3 cm³/mol. The van der Waals surface area contributed by atoms with Crippen molar-refractivity contribution in [2.45, 2.75) is 6.92 Å². The molecule has 4 heteroatoms. The molecule has 0 aliphatic heterocycles. The molecule has 4 nitrogen and oxygen atoms in total. The molecule has 3 aromatic rings. The van der Waals surface area contributed by atoms with E-state index in [1.54, 1.807) is 6.20 Å². The summed E-state index contributed by atoms with van der Waals surface area (Å²) >= 11 is 0. The Balaban J connectivity index is 2.16. The molecule has 3 rings (SSSR count). The molecule has 1 aromatic carbocycles. The summed E-state index contributed by atoms with van der Waals surface area (Å²) in [6.07, 6.45) is 1.61. The van der Waals surface area contributed by atoms with E-state index in [4.69, 9.17) is 0 Å². The minimum absolute atomic E-state index is 0.112. The van der Waals surface area contributed by atoms with Gasteiger partial charge < -0.3 is 0 Å². The van der Waals surface area contributed by atoms with E-state index in [9.17, 15) is 4.79 Å². The van der Waals surface area contributed by atoms with Gasteiger partial charge >= 0.3 is 0 Å². The predicted octanol–water partition coefficient (Wildman–Crippen LogP) is 2.76. The summed E-state index contributed by atoms with van der Waals surface area (Å²) < 4.78 is 1.36. The number of benzene rings is 1. The number of nitrogens with zero attached hydrogens (tertiary/aromatic N) is 3. The smallest absolute Gasteiger partial charge is 0.244 e. The highest BCUT2D eigenvalue weighted by molar-refractivity contribution is 5.88. The van der Waals surface area contributed by atoms with Gasteiger partial charge in [-0.2, -0.15) is 9.78 Å². The van der Waals surface area contributed by atoms with Crippen LogP contribution in [-0.2, 0) is 0 Å². The van der Waals surface area contributed by atoms with Crippen LogP contribution >= 0.6 is 0 Å². The van der Waals surface area contributed by atoms with E-state index in [2.05, 4.69) is 10.1 Å². The van der Waals surface area contributed by atoms with Gasteiger partial charge in [-0.1, -0.05) is 30.3 Å². The summed E-state index contributed by atoms with van der Waals surface area (Å²) in [5, 5.41) is 4.03. The van der Waals surface area contributed by atoms with Crippen molar-refractivity contribution in [3.63, 3.8) is 0 Å². The van der Waals surface area contributed by atoms with E-state index in [-0.39, 0.29) is 5.91 Å². The number of fused-ring (bicyclic) bond motifs is 1. The Hall–Kier alpha value is -2.49. The normalized spacial score (nSPS) is 10.7. The SMILES string of the molecule is CC(=O)n1ncc2nc(-c3ccccc3)ccc21. The molecule has 18 heavy (non-hydrogen) atoms. The minimum atomic E-state index is -0.112. The maximum atomic E-state index is 11.3. The standard InChI is InChI=1S/C14H11N3O/c1-10(18)17-14-8-7-12(16-13(14)9-15-17)11-5-3-2-4-6-11/h2-9H,1H3. The third kappa shape index (κ3) is 1.68. The van der Waals surface area contributed by atoms with Crippen LogP contribution in [0.5, 0.6) is 0 Å². The monoisotopic (exact) mass is 237 g/mol. The molecule has 0 saturated heterocycles. The van der Waals surface area contributed by atoms with Gasteiger partial charge in [0.2, 0.25) is 5.91 Å². The number of pyridine rings is 1. The third-order valence-electron chi connectivity index (χ3n) is 2.79. The molecule has 0 saturated carbocycles. The highest BCUT2D eigenvalue weighted by Crippen LogP contribution is 2.20. The van der Waals surface area contributed by atoms with Crippen LogP contribution in [0.1, 0.15) is 11.7 Å². The second kappa shape index (κ2) is 4.07. The van der Waals surface area contributed by atoms with E-state index in [0.29, 0.717) is 0 Å². The minimum Gasteiger partial charge on any atom is -0.273 e. The van der Waals surface area contributed by atoms with Crippen molar-refractivity contribution in [1.29, 1.82) is 0 Å². The van der Waals surface area contributed by atoms with Gasteiger partial charge in [-0.25, -0.2) is 4.98 Å². The van der Waals surface area contributed by atoms with E-state index in [0.717, 1.165) is 22.3 Å². The zero-order valence-electron chi connectivity index (χ0n) is 9.87. The third-order valence-corrected chi connectivity index (χ3v) is 2.79. The Labute approximate surface area is 104 Å². The average Bonchev–Trinajstić information content (AvgIpc) is 2.82. The Morgan fingerprint density at radius 3 is 2.61 bits per heavy atom. The van der Waals surface area contributed by atoms with Crippen LogP contribution in [0.15, 0.2) is 48.7 Å². The lowest BCUT2D eigenvalue weighted by Crippen LogP contribution is -2.06. The lowest BCUT2D eigenvalue weighted by atomic mass is 10.1. The fraction of sp³-hybridized carbons (Fsp3) is 0.0714. The highest BCUT2D eigenvalue weighted by Gasteiger charge is 2.08. The summed E-state index contributed by atoms with van der Waals surface area (Å²) in [6.45, 7) is 1.48. The maximum absolute atomic E-state index is 11.3. The molecule has 0 atom stereocenters. The van der Waals surface area contributed by atoms with Gasteiger partial charge in [0.15, 0.2) is 0 Å². The van der Waals surface area contributed by atoms with Crippen molar-refractivity contribution in [3.8, 4) is 11.3 Å². The first-order chi connectivity index (χ1) is 8.75. The largest absolute Gasteiger partial charge is 0.273 e. The van der Waals surface area contributed by atoms with Gasteiger partial charge in [0.1, 0.15) is 5.52 Å². The summed E-state index contributed by atoms with van der Waals surface area (Å²) in [4.78, 5) is 15.9. The van der Waals surface area contributed by atoms with E-state index in [1.165, 1.54) is 11.6 Å². The lowest BCUT2D eigenvalue weighted by Gasteiger charge is -2.01. The van der Waals surface area contributed by atoms with Crippen LogP contribution in [0, 0.1) is 0 Å². The van der Waals surface area contributed by atoms with Gasteiger partial charge in [-0.05, 0) is 12.1 Å². The quantitative estimate of drug-likeness (QED) is 0.653. The van der Waals surface area contributed by atoms with Gasteiger partial charge in [-0.15, -0.1) is 0 Å². The van der Waals surface area contributed by atoms with Crippen molar-refractivity contribution in [1.82, 2.24) is 14.8 Å². The number of rotatable bonds is 1. The van der Waals surface area contributed by atoms with Crippen molar-refractivity contribution < 1.29 is 4.79 Å². The lowest BCUT2D eigenvalue weighted by molar-refractivity contribution is 0.0927. The van der Waals surface area contributed by atoms with Crippen LogP contribution < -0.4 is 0 Å². The molecule has 88 valence electrons. The van der Waals surface area contributed by atoms with Gasteiger partial charge in [0.05, 0.1) is 17.4 Å². The molecule has 2 heterocycles. The van der Waals surface area contributed by atoms with Crippen molar-refractivity contribution in [2.24, 2.45) is 0 Å². The van der Waals surface area contributed by atoms with Crippen molar-refractivity contribution >= 4 is 16.9 Å². The molecule has 2 aromatic heterocycles. The molecule has 0 aliphatic carbocycles. The van der Waals surface area contributed by atoms with Crippen molar-refractivity contribution in [2.75, 3.05) is 0 Å². The zero-order chi connectivity index (χ0) is 12.5. The first kappa shape index (κ1) is 10.7. The van der Waals surface area contributed by atoms with E-state index >= 15 is 0 Å². The van der Waals surface area contributed by atoms with Gasteiger partial charge in [-0.3, -0.25) is 4.79 Å². The van der Waals surface area contributed by atoms with E-state index < -0.39 is 0 Å². The van der Waals surface area contributed by atoms with Crippen molar-refractivity contribution in [3.05, 3.63) is 48.7 Å². The fourth-order valence-electron chi connectivity index (χ4n) is 1.94. The Kier molecular flexibility index (Phi) is 2.41. The average molecular weight is 237 g/mol. The molecule has 0 fully saturated rings. The molecule has 0 aliphatic rings. The number of hydrogen-bond acceptors (Lipinski definition) is 3. The Morgan fingerprint density at radius 1 is 1.11 bits per heavy atom. The molecule has 0 radical (unpaired) electrons. The Bertz CT molecular complexity index is 716. The molecular formula is C14H11N3O. The first-order valence-electron chi connectivity index (χ1n) is 5.67. The van der Waals surface area contributed by atoms with Gasteiger partial charge in [0.25, 0.3) is 0 Å². The summed E-state index contributed by atoms with van der Waals surface area (Å²) in [5.41, 5.74) is 3.40. The number of hydrogen-bond donors (Lipinski definition) is 0. The fourth-order valence-corrected chi connectivity index (χ4v) is 1.94. The second-order valence-corrected chi connectivity index (χ2v) is 4.04. The van der Waals surface area contributed by atoms with Crippen LogP contribution in [0.3, 0.4) is 0 Å². The first-order valence-corrected chi connectivity index (χ1v) is 5.67. The topological polar surface area (TPSA) is 47.8 Å². The van der Waals surface area contributed by atoms with Crippen LogP contribution in [0.25, 0.3) is 22.3 Å². The van der Waals surface area contributed by atoms with Crippen LogP contribution in [0.4, 0.5) is 0 Å². The number of aromatic nitrogens is 3. The summed E-state index contributed by atoms with van der Waals surface area (Å²) in [6, 6.07) is 13.7. The van der Waals surface area contributed by atoms with Gasteiger partial charge in [0, 0.05) is 12.5 Å². The van der Waals surface area contributed by atoms with E-state index in [1.807, 2.05) is 42.5 Å². The highest BCUT2D eigenvalue weighted by atomic mass is 16.2. The second-order valence-electron chi connectivity index (χ2n) is 4.04. The van der Waals surface area contributed by atoms with Crippen LogP contribution in [0.2, 0.25) is 0 Å².